The summed E-state index contributed by atoms with van der Waals surface area (Å²) in [5.74, 6) is 0. The second kappa shape index (κ2) is 15.1. The molecule has 0 radical (unpaired) electrons. The van der Waals surface area contributed by atoms with Crippen molar-refractivity contribution >= 4 is 56.1 Å². The van der Waals surface area contributed by atoms with Crippen LogP contribution in [0.5, 0.6) is 0 Å². The molecule has 2 aliphatic heterocycles. The van der Waals surface area contributed by atoms with Gasteiger partial charge in [-0.3, -0.25) is 0 Å². The van der Waals surface area contributed by atoms with Gasteiger partial charge >= 0.3 is 0 Å². The average molecular weight is 573 g/mol. The highest BCUT2D eigenvalue weighted by molar-refractivity contribution is 6.23. The van der Waals surface area contributed by atoms with E-state index >= 15 is 0 Å². The van der Waals surface area contributed by atoms with Gasteiger partial charge in [0.25, 0.3) is 0 Å². The minimum atomic E-state index is 0. The third kappa shape index (κ3) is 7.46. The van der Waals surface area contributed by atoms with Gasteiger partial charge in [-0.25, -0.2) is 0 Å². The number of piperidine rings is 2. The van der Waals surface area contributed by atoms with Gasteiger partial charge in [0.05, 0.1) is 0 Å². The smallest absolute Gasteiger partial charge is 0.0426 e. The Hall–Kier alpha value is -2.53. The lowest BCUT2D eigenvalue weighted by Gasteiger charge is -2.26. The fourth-order valence-electron chi connectivity index (χ4n) is 6.98. The monoisotopic (exact) mass is 572 g/mol. The maximum absolute atomic E-state index is 3.83. The molecule has 2 fully saturated rings. The minimum Gasteiger partial charge on any atom is -0.385 e. The van der Waals surface area contributed by atoms with Crippen molar-refractivity contribution in [1.29, 1.82) is 0 Å². The van der Waals surface area contributed by atoms with Gasteiger partial charge in [0.15, 0.2) is 0 Å². The number of halogens is 1. The second-order valence-corrected chi connectivity index (χ2v) is 12.1. The number of nitrogens with zero attached hydrogens (tertiary/aromatic N) is 2. The van der Waals surface area contributed by atoms with Crippen LogP contribution >= 0.6 is 12.4 Å². The fourth-order valence-corrected chi connectivity index (χ4v) is 6.98. The summed E-state index contributed by atoms with van der Waals surface area (Å²) >= 11 is 0. The summed E-state index contributed by atoms with van der Waals surface area (Å²) in [5.41, 5.74) is 2.54. The van der Waals surface area contributed by atoms with Crippen LogP contribution in [0.4, 0.5) is 11.4 Å². The van der Waals surface area contributed by atoms with Crippen LogP contribution in [0.15, 0.2) is 60.7 Å². The van der Waals surface area contributed by atoms with Gasteiger partial charge in [-0.2, -0.15) is 0 Å². The number of rotatable bonds is 12. The Morgan fingerprint density at radius 2 is 0.854 bits per heavy atom. The van der Waals surface area contributed by atoms with Crippen LogP contribution < -0.4 is 10.6 Å². The van der Waals surface area contributed by atoms with Crippen molar-refractivity contribution in [2.75, 3.05) is 63.0 Å². The van der Waals surface area contributed by atoms with E-state index in [0.717, 1.165) is 13.1 Å². The van der Waals surface area contributed by atoms with Gasteiger partial charge in [-0.1, -0.05) is 61.4 Å². The molecule has 4 aromatic carbocycles. The first-order valence-electron chi connectivity index (χ1n) is 16.2. The van der Waals surface area contributed by atoms with Crippen molar-refractivity contribution in [1.82, 2.24) is 9.80 Å². The molecule has 4 nitrogen and oxygen atoms in total. The Balaban J connectivity index is 0.00000337. The van der Waals surface area contributed by atoms with Gasteiger partial charge in [-0.15, -0.1) is 12.4 Å². The summed E-state index contributed by atoms with van der Waals surface area (Å²) in [4.78, 5) is 5.31. The normalized spacial score (nSPS) is 16.7. The number of unbranched alkanes of at least 4 members (excludes halogenated alkanes) is 2. The molecule has 0 bridgehead atoms. The maximum atomic E-state index is 3.83. The lowest BCUT2D eigenvalue weighted by molar-refractivity contribution is 0.225. The fraction of sp³-hybridized carbons (Fsp3) is 0.500. The number of benzene rings is 4. The van der Waals surface area contributed by atoms with E-state index in [-0.39, 0.29) is 12.4 Å². The summed E-state index contributed by atoms with van der Waals surface area (Å²) in [6.07, 6.45) is 13.3. The van der Waals surface area contributed by atoms with Crippen molar-refractivity contribution in [2.24, 2.45) is 0 Å². The molecule has 2 heterocycles. The van der Waals surface area contributed by atoms with Crippen LogP contribution in [0.25, 0.3) is 32.3 Å². The molecular weight excluding hydrogens is 524 g/mol. The first kappa shape index (κ1) is 29.9. The molecule has 0 unspecified atom stereocenters. The first-order valence-corrected chi connectivity index (χ1v) is 16.2. The molecule has 2 aliphatic rings. The molecule has 2 N–H and O–H groups in total. The van der Waals surface area contributed by atoms with E-state index in [4.69, 9.17) is 0 Å². The molecular formula is C36H49ClN4. The van der Waals surface area contributed by atoms with E-state index in [9.17, 15) is 0 Å². The Kier molecular flexibility index (Phi) is 11.0. The lowest BCUT2D eigenvalue weighted by atomic mass is 9.94. The highest BCUT2D eigenvalue weighted by Crippen LogP contribution is 2.39. The number of nitrogens with one attached hydrogen (secondary N) is 2. The van der Waals surface area contributed by atoms with E-state index in [0.29, 0.717) is 0 Å². The predicted octanol–water partition coefficient (Wildman–Crippen LogP) is 8.92. The van der Waals surface area contributed by atoms with Crippen LogP contribution in [-0.4, -0.2) is 62.2 Å². The molecule has 4 aromatic rings. The Bertz CT molecular complexity index is 1280. The maximum Gasteiger partial charge on any atom is 0.0426 e. The van der Waals surface area contributed by atoms with E-state index in [1.807, 2.05) is 0 Å². The van der Waals surface area contributed by atoms with Crippen molar-refractivity contribution in [2.45, 2.75) is 64.2 Å². The van der Waals surface area contributed by atoms with Gasteiger partial charge in [-0.05, 0) is 124 Å². The minimum absolute atomic E-state index is 0. The van der Waals surface area contributed by atoms with Crippen molar-refractivity contribution < 1.29 is 0 Å². The number of hydrogen-bond acceptors (Lipinski definition) is 4. The van der Waals surface area contributed by atoms with Crippen LogP contribution in [-0.2, 0) is 0 Å². The summed E-state index contributed by atoms with van der Waals surface area (Å²) in [7, 11) is 0. The molecule has 220 valence electrons. The standard InChI is InChI=1S/C36H48N4.ClH/c1-9-21-39(22-10-1)25-13-7-19-37-35-27-33-30-16-4-6-18-32(30)36(28-34(33)29-15-3-5-17-31(29)35)38-20-8-14-26-40-23-11-2-12-24-40;/h3-6,15-18,27-28,37-38H,1-2,7-14,19-26H2;1H. The van der Waals surface area contributed by atoms with E-state index in [1.54, 1.807) is 0 Å². The molecule has 0 saturated carbocycles. The second-order valence-electron chi connectivity index (χ2n) is 12.1. The zero-order chi connectivity index (χ0) is 27.0. The lowest BCUT2D eigenvalue weighted by Crippen LogP contribution is -2.30. The molecule has 5 heteroatoms. The summed E-state index contributed by atoms with van der Waals surface area (Å²) in [6, 6.07) is 22.7. The number of anilines is 2. The summed E-state index contributed by atoms with van der Waals surface area (Å²) < 4.78 is 0. The van der Waals surface area contributed by atoms with Crippen molar-refractivity contribution in [3.63, 3.8) is 0 Å². The molecule has 0 aromatic heterocycles. The largest absolute Gasteiger partial charge is 0.385 e. The Labute approximate surface area is 253 Å². The van der Waals surface area contributed by atoms with Gasteiger partial charge in [0.1, 0.15) is 0 Å². The van der Waals surface area contributed by atoms with Crippen molar-refractivity contribution in [3.05, 3.63) is 60.7 Å². The van der Waals surface area contributed by atoms with Crippen LogP contribution in [0.2, 0.25) is 0 Å². The predicted molar refractivity (Wildman–Crippen MR) is 182 cm³/mol. The highest BCUT2D eigenvalue weighted by atomic mass is 35.5. The topological polar surface area (TPSA) is 30.5 Å². The molecule has 0 amide bonds. The zero-order valence-corrected chi connectivity index (χ0v) is 25.6. The number of hydrogen-bond donors (Lipinski definition) is 2. The highest BCUT2D eigenvalue weighted by Gasteiger charge is 2.13. The van der Waals surface area contributed by atoms with E-state index in [2.05, 4.69) is 81.1 Å². The van der Waals surface area contributed by atoms with E-state index in [1.165, 1.54) is 147 Å². The Morgan fingerprint density at radius 3 is 1.27 bits per heavy atom. The molecule has 41 heavy (non-hydrogen) atoms. The van der Waals surface area contributed by atoms with Gasteiger partial charge in [0.2, 0.25) is 0 Å². The molecule has 6 rings (SSSR count). The molecule has 0 aliphatic carbocycles. The number of likely N-dealkylation sites (tertiary alicyclic amines) is 2. The molecule has 0 atom stereocenters. The first-order chi connectivity index (χ1) is 19.9. The van der Waals surface area contributed by atoms with Crippen LogP contribution in [0, 0.1) is 0 Å². The quantitative estimate of drug-likeness (QED) is 0.131. The average Bonchev–Trinajstić information content (AvgIpc) is 3.02. The third-order valence-corrected chi connectivity index (χ3v) is 9.21. The van der Waals surface area contributed by atoms with Gasteiger partial charge in [0, 0.05) is 35.2 Å². The summed E-state index contributed by atoms with van der Waals surface area (Å²) in [6.45, 7) is 9.74. The van der Waals surface area contributed by atoms with Crippen LogP contribution in [0.3, 0.4) is 0 Å². The molecule has 0 spiro atoms. The third-order valence-electron chi connectivity index (χ3n) is 9.21. The Morgan fingerprint density at radius 1 is 0.463 bits per heavy atom. The van der Waals surface area contributed by atoms with E-state index < -0.39 is 0 Å². The SMILES string of the molecule is Cl.c1ccc2c(c1)c(NCCCCN1CCCCC1)cc1c3ccccc3c(NCCCCN3CCCCC3)cc21. The van der Waals surface area contributed by atoms with Gasteiger partial charge < -0.3 is 20.4 Å². The number of fused-ring (bicyclic) bond motifs is 5. The zero-order valence-electron chi connectivity index (χ0n) is 24.8. The van der Waals surface area contributed by atoms with Crippen LogP contribution in [0.1, 0.15) is 64.2 Å². The molecule has 2 saturated heterocycles. The van der Waals surface area contributed by atoms with Crippen molar-refractivity contribution in [3.8, 4) is 0 Å². The summed E-state index contributed by atoms with van der Waals surface area (Å²) in [5, 5.41) is 15.7.